The lowest BCUT2D eigenvalue weighted by atomic mass is 10.1. The molecule has 0 aliphatic heterocycles. The van der Waals surface area contributed by atoms with Gasteiger partial charge in [0.1, 0.15) is 6.61 Å². The molecule has 0 bridgehead atoms. The monoisotopic (exact) mass is 917 g/mol. The lowest BCUT2D eigenvalue weighted by Gasteiger charge is -2.18. The van der Waals surface area contributed by atoms with Gasteiger partial charge in [-0.2, -0.15) is 0 Å². The van der Waals surface area contributed by atoms with E-state index in [1.165, 1.54) is 103 Å². The van der Waals surface area contributed by atoms with Gasteiger partial charge in [0.25, 0.3) is 0 Å². The molecule has 378 valence electrons. The van der Waals surface area contributed by atoms with E-state index in [1.807, 2.05) is 0 Å². The van der Waals surface area contributed by atoms with Gasteiger partial charge in [-0.05, 0) is 116 Å². The lowest BCUT2D eigenvalue weighted by molar-refractivity contribution is -0.163. The van der Waals surface area contributed by atoms with Crippen molar-refractivity contribution in [2.45, 2.75) is 258 Å². The molecule has 0 aliphatic carbocycles. The van der Waals surface area contributed by atoms with Gasteiger partial charge in [-0.15, -0.1) is 0 Å². The Kier molecular flexibility index (Phi) is 53.4. The third-order valence-electron chi connectivity index (χ3n) is 11.6. The van der Waals surface area contributed by atoms with Crippen LogP contribution in [0.5, 0.6) is 0 Å². The summed E-state index contributed by atoms with van der Waals surface area (Å²) >= 11 is 0. The highest BCUT2D eigenvalue weighted by atomic mass is 16.6. The fraction of sp³-hybridized carbons (Fsp3) is 0.705. The molecule has 0 fully saturated rings. The van der Waals surface area contributed by atoms with E-state index in [1.54, 1.807) is 0 Å². The lowest BCUT2D eigenvalue weighted by Crippen LogP contribution is -2.30. The number of ether oxygens (including phenoxy) is 3. The fourth-order valence-electron chi connectivity index (χ4n) is 7.51. The SMILES string of the molecule is CC/C=C\C/C=C\C/C=C\C/C=C\CCCCCOCC(COC(=O)CCCCCCCCC/C=C\C/C=C\C/C=C\CC)OC(=O)CCCCCCCCC/C=C\CCCCCCCC. The van der Waals surface area contributed by atoms with Crippen LogP contribution in [-0.2, 0) is 23.8 Å². The van der Waals surface area contributed by atoms with Crippen molar-refractivity contribution in [2.75, 3.05) is 19.8 Å². The van der Waals surface area contributed by atoms with Crippen LogP contribution in [0.2, 0.25) is 0 Å². The number of esters is 2. The molecule has 0 amide bonds. The molecule has 0 aromatic heterocycles. The molecular weight excluding hydrogens is 813 g/mol. The van der Waals surface area contributed by atoms with Crippen molar-refractivity contribution in [2.24, 2.45) is 0 Å². The summed E-state index contributed by atoms with van der Waals surface area (Å²) in [5, 5.41) is 0. The fourth-order valence-corrected chi connectivity index (χ4v) is 7.51. The minimum Gasteiger partial charge on any atom is -0.462 e. The summed E-state index contributed by atoms with van der Waals surface area (Å²) in [6, 6.07) is 0. The van der Waals surface area contributed by atoms with Crippen molar-refractivity contribution in [1.29, 1.82) is 0 Å². The summed E-state index contributed by atoms with van der Waals surface area (Å²) in [5.74, 6) is -0.431. The van der Waals surface area contributed by atoms with Gasteiger partial charge in [0.2, 0.25) is 0 Å². The van der Waals surface area contributed by atoms with Gasteiger partial charge in [0.05, 0.1) is 6.61 Å². The molecule has 1 atom stereocenters. The van der Waals surface area contributed by atoms with Crippen LogP contribution in [-0.4, -0.2) is 37.9 Å². The summed E-state index contributed by atoms with van der Waals surface area (Å²) in [6.07, 6.45) is 75.7. The van der Waals surface area contributed by atoms with E-state index in [-0.39, 0.29) is 25.2 Å². The van der Waals surface area contributed by atoms with Gasteiger partial charge in [0, 0.05) is 19.4 Å². The highest BCUT2D eigenvalue weighted by Crippen LogP contribution is 2.14. The van der Waals surface area contributed by atoms with Crippen LogP contribution in [0.15, 0.2) is 97.2 Å². The smallest absolute Gasteiger partial charge is 0.306 e. The molecule has 0 aliphatic rings. The van der Waals surface area contributed by atoms with Crippen LogP contribution in [0.1, 0.15) is 252 Å². The Balaban J connectivity index is 4.36. The Bertz CT molecular complexity index is 1270. The molecule has 5 heteroatoms. The summed E-state index contributed by atoms with van der Waals surface area (Å²) < 4.78 is 17.4. The summed E-state index contributed by atoms with van der Waals surface area (Å²) in [7, 11) is 0. The van der Waals surface area contributed by atoms with Crippen LogP contribution < -0.4 is 0 Å². The molecule has 0 rings (SSSR count). The minimum atomic E-state index is -0.565. The highest BCUT2D eigenvalue weighted by molar-refractivity contribution is 5.70. The van der Waals surface area contributed by atoms with Crippen LogP contribution in [0, 0.1) is 0 Å². The third-order valence-corrected chi connectivity index (χ3v) is 11.6. The standard InChI is InChI=1S/C61H104O5/c1-4-7-10-13-16-19-22-25-28-31-33-36-39-42-45-48-51-54-60(62)65-58-59(57-64-56-53-50-47-44-41-38-35-30-27-24-21-18-15-12-9-6-3)66-61(63)55-52-49-46-43-40-37-34-32-29-26-23-20-17-14-11-8-5-2/h7,9-10,12,16,18-19,21,25-30,38,41,59H,4-6,8,11,13-15,17,20,22-24,31-37,39-40,42-58H2,1-3H3/b10-7-,12-9-,19-16-,21-18-,28-25-,29-26-,30-27-,41-38-. The zero-order valence-corrected chi connectivity index (χ0v) is 43.4. The third kappa shape index (κ3) is 53.4. The Labute approximate surface area is 409 Å². The first-order valence-electron chi connectivity index (χ1n) is 27.8. The van der Waals surface area contributed by atoms with Crippen LogP contribution in [0.4, 0.5) is 0 Å². The number of hydrogen-bond donors (Lipinski definition) is 0. The predicted molar refractivity (Wildman–Crippen MR) is 288 cm³/mol. The van der Waals surface area contributed by atoms with E-state index >= 15 is 0 Å². The minimum absolute atomic E-state index is 0.0612. The topological polar surface area (TPSA) is 61.8 Å². The first kappa shape index (κ1) is 62.8. The molecule has 0 saturated carbocycles. The number of unbranched alkanes of at least 4 members (excludes halogenated alkanes) is 23. The van der Waals surface area contributed by atoms with Crippen molar-refractivity contribution in [3.63, 3.8) is 0 Å². The van der Waals surface area contributed by atoms with E-state index < -0.39 is 6.10 Å². The van der Waals surface area contributed by atoms with Crippen molar-refractivity contribution in [1.82, 2.24) is 0 Å². The van der Waals surface area contributed by atoms with Gasteiger partial charge in [-0.25, -0.2) is 0 Å². The van der Waals surface area contributed by atoms with Crippen molar-refractivity contribution >= 4 is 11.9 Å². The van der Waals surface area contributed by atoms with E-state index in [2.05, 4.69) is 118 Å². The quantitative estimate of drug-likeness (QED) is 0.0346. The molecule has 0 heterocycles. The van der Waals surface area contributed by atoms with Crippen molar-refractivity contribution < 1.29 is 23.8 Å². The van der Waals surface area contributed by atoms with Crippen LogP contribution in [0.3, 0.4) is 0 Å². The van der Waals surface area contributed by atoms with E-state index in [9.17, 15) is 9.59 Å². The van der Waals surface area contributed by atoms with Gasteiger partial charge in [-0.3, -0.25) is 9.59 Å². The second-order valence-corrected chi connectivity index (χ2v) is 18.1. The maximum Gasteiger partial charge on any atom is 0.306 e. The van der Waals surface area contributed by atoms with Crippen LogP contribution >= 0.6 is 0 Å². The maximum absolute atomic E-state index is 12.8. The molecule has 66 heavy (non-hydrogen) atoms. The second-order valence-electron chi connectivity index (χ2n) is 18.1. The van der Waals surface area contributed by atoms with E-state index in [0.717, 1.165) is 116 Å². The largest absolute Gasteiger partial charge is 0.462 e. The highest BCUT2D eigenvalue weighted by Gasteiger charge is 2.17. The number of hydrogen-bond acceptors (Lipinski definition) is 5. The summed E-state index contributed by atoms with van der Waals surface area (Å²) in [5.41, 5.74) is 0. The molecule has 0 spiro atoms. The molecule has 0 aromatic rings. The molecule has 1 unspecified atom stereocenters. The average molecular weight is 917 g/mol. The Morgan fingerprint density at radius 2 is 0.682 bits per heavy atom. The van der Waals surface area contributed by atoms with Crippen molar-refractivity contribution in [3.05, 3.63) is 97.2 Å². The summed E-state index contributed by atoms with van der Waals surface area (Å²) in [6.45, 7) is 7.53. The molecule has 5 nitrogen and oxygen atoms in total. The number of carbonyl (C=O) groups excluding carboxylic acids is 2. The van der Waals surface area contributed by atoms with Gasteiger partial charge in [0.15, 0.2) is 6.10 Å². The molecule has 0 saturated heterocycles. The second kappa shape index (κ2) is 56.1. The summed E-state index contributed by atoms with van der Waals surface area (Å²) in [4.78, 5) is 25.5. The molecule has 0 aromatic carbocycles. The predicted octanol–water partition coefficient (Wildman–Crippen LogP) is 19.0. The van der Waals surface area contributed by atoms with E-state index in [4.69, 9.17) is 14.2 Å². The number of rotatable bonds is 50. The molecule has 0 N–H and O–H groups in total. The number of allylic oxidation sites excluding steroid dienone is 16. The zero-order valence-electron chi connectivity index (χ0n) is 43.4. The normalized spacial score (nSPS) is 13.0. The molecular formula is C61H104O5. The molecule has 0 radical (unpaired) electrons. The first-order valence-corrected chi connectivity index (χ1v) is 27.8. The zero-order chi connectivity index (χ0) is 47.7. The Morgan fingerprint density at radius 1 is 0.348 bits per heavy atom. The van der Waals surface area contributed by atoms with Gasteiger partial charge in [-0.1, -0.05) is 221 Å². The Morgan fingerprint density at radius 3 is 1.11 bits per heavy atom. The average Bonchev–Trinajstić information content (AvgIpc) is 3.32. The van der Waals surface area contributed by atoms with Crippen LogP contribution in [0.25, 0.3) is 0 Å². The Hall–Kier alpha value is -3.18. The first-order chi connectivity index (χ1) is 32.6. The van der Waals surface area contributed by atoms with Crippen molar-refractivity contribution in [3.8, 4) is 0 Å². The van der Waals surface area contributed by atoms with Gasteiger partial charge >= 0.3 is 11.9 Å². The van der Waals surface area contributed by atoms with E-state index in [0.29, 0.717) is 19.4 Å². The van der Waals surface area contributed by atoms with Gasteiger partial charge < -0.3 is 14.2 Å². The number of carbonyl (C=O) groups is 2. The maximum atomic E-state index is 12.8.